The molecular formula is C16H23NO3. The Morgan fingerprint density at radius 3 is 2.60 bits per heavy atom. The number of carboxylic acids is 1. The Kier molecular flexibility index (Phi) is 5.56. The zero-order chi connectivity index (χ0) is 14.4. The first-order chi connectivity index (χ1) is 9.66. The molecule has 1 fully saturated rings. The van der Waals surface area contributed by atoms with Gasteiger partial charge < -0.3 is 9.84 Å². The second kappa shape index (κ2) is 7.41. The maximum atomic E-state index is 11.1. The van der Waals surface area contributed by atoms with E-state index in [9.17, 15) is 4.79 Å². The Morgan fingerprint density at radius 2 is 2.00 bits per heavy atom. The van der Waals surface area contributed by atoms with Crippen LogP contribution >= 0.6 is 0 Å². The van der Waals surface area contributed by atoms with Crippen molar-refractivity contribution < 1.29 is 14.6 Å². The van der Waals surface area contributed by atoms with Crippen molar-refractivity contribution in [3.63, 3.8) is 0 Å². The van der Waals surface area contributed by atoms with E-state index < -0.39 is 5.97 Å². The van der Waals surface area contributed by atoms with Gasteiger partial charge in [0, 0.05) is 25.8 Å². The fraction of sp³-hybridized carbons (Fsp3) is 0.562. The Bertz CT molecular complexity index is 415. The molecule has 1 unspecified atom stereocenters. The molecule has 4 heteroatoms. The molecule has 0 amide bonds. The molecule has 2 rings (SSSR count). The molecule has 0 saturated carbocycles. The first-order valence-electron chi connectivity index (χ1n) is 7.21. The minimum Gasteiger partial charge on any atom is -0.481 e. The molecule has 0 bridgehead atoms. The van der Waals surface area contributed by atoms with Crippen molar-refractivity contribution in [3.05, 3.63) is 35.9 Å². The first kappa shape index (κ1) is 15.0. The highest BCUT2D eigenvalue weighted by molar-refractivity contribution is 5.67. The van der Waals surface area contributed by atoms with Crippen molar-refractivity contribution in [2.45, 2.75) is 25.3 Å². The van der Waals surface area contributed by atoms with Crippen molar-refractivity contribution >= 4 is 5.97 Å². The molecule has 1 atom stereocenters. The number of aliphatic carboxylic acids is 1. The molecule has 4 nitrogen and oxygen atoms in total. The molecule has 1 aliphatic rings. The third kappa shape index (κ3) is 4.32. The minimum atomic E-state index is -0.752. The van der Waals surface area contributed by atoms with Gasteiger partial charge in [0.05, 0.1) is 6.42 Å². The van der Waals surface area contributed by atoms with Crippen LogP contribution in [0.5, 0.6) is 0 Å². The summed E-state index contributed by atoms with van der Waals surface area (Å²) in [4.78, 5) is 13.3. The van der Waals surface area contributed by atoms with E-state index in [1.807, 2.05) is 37.4 Å². The van der Waals surface area contributed by atoms with Crippen LogP contribution in [-0.2, 0) is 9.53 Å². The topological polar surface area (TPSA) is 49.8 Å². The second-order valence-corrected chi connectivity index (χ2v) is 5.52. The van der Waals surface area contributed by atoms with Gasteiger partial charge in [0.25, 0.3) is 0 Å². The molecule has 1 N–H and O–H groups in total. The number of carboxylic acid groups (broad SMARTS) is 1. The quantitative estimate of drug-likeness (QED) is 0.868. The molecular weight excluding hydrogens is 254 g/mol. The van der Waals surface area contributed by atoms with Gasteiger partial charge in [-0.15, -0.1) is 0 Å². The zero-order valence-corrected chi connectivity index (χ0v) is 12.0. The van der Waals surface area contributed by atoms with E-state index in [-0.39, 0.29) is 12.5 Å². The van der Waals surface area contributed by atoms with E-state index in [1.165, 1.54) is 0 Å². The highest BCUT2D eigenvalue weighted by Crippen LogP contribution is 2.26. The number of hydrogen-bond donors (Lipinski definition) is 1. The molecule has 1 aromatic carbocycles. The molecule has 0 radical (unpaired) electrons. The predicted octanol–water partition coefficient (Wildman–Crippen LogP) is 2.56. The predicted molar refractivity (Wildman–Crippen MR) is 77.6 cm³/mol. The molecule has 0 aliphatic carbocycles. The first-order valence-corrected chi connectivity index (χ1v) is 7.21. The monoisotopic (exact) mass is 277 g/mol. The summed E-state index contributed by atoms with van der Waals surface area (Å²) in [5, 5.41) is 9.15. The maximum Gasteiger partial charge on any atom is 0.305 e. The lowest BCUT2D eigenvalue weighted by molar-refractivity contribution is -0.138. The largest absolute Gasteiger partial charge is 0.481 e. The minimum absolute atomic E-state index is 0.0588. The number of benzene rings is 1. The van der Waals surface area contributed by atoms with Crippen LogP contribution in [0.1, 0.15) is 30.9 Å². The Balaban J connectivity index is 2.03. The molecule has 1 saturated heterocycles. The van der Waals surface area contributed by atoms with Gasteiger partial charge in [0.1, 0.15) is 0 Å². The summed E-state index contributed by atoms with van der Waals surface area (Å²) >= 11 is 0. The number of hydrogen-bond acceptors (Lipinski definition) is 3. The Hall–Kier alpha value is -1.39. The van der Waals surface area contributed by atoms with E-state index in [2.05, 4.69) is 4.90 Å². The molecule has 1 heterocycles. The Morgan fingerprint density at radius 1 is 1.35 bits per heavy atom. The number of rotatable bonds is 6. The van der Waals surface area contributed by atoms with E-state index in [1.54, 1.807) is 0 Å². The van der Waals surface area contributed by atoms with E-state index >= 15 is 0 Å². The van der Waals surface area contributed by atoms with Crippen LogP contribution in [0.3, 0.4) is 0 Å². The van der Waals surface area contributed by atoms with Gasteiger partial charge in [-0.2, -0.15) is 0 Å². The van der Waals surface area contributed by atoms with Gasteiger partial charge in [0.15, 0.2) is 0 Å². The van der Waals surface area contributed by atoms with Crippen LogP contribution in [0.25, 0.3) is 0 Å². The summed E-state index contributed by atoms with van der Waals surface area (Å²) in [6.07, 6.45) is 2.28. The van der Waals surface area contributed by atoms with Crippen molar-refractivity contribution in [2.24, 2.45) is 5.92 Å². The lowest BCUT2D eigenvalue weighted by atomic mass is 9.96. The summed E-state index contributed by atoms with van der Waals surface area (Å²) in [5.41, 5.74) is 1.07. The third-order valence-electron chi connectivity index (χ3n) is 3.97. The van der Waals surface area contributed by atoms with Crippen molar-refractivity contribution in [3.8, 4) is 0 Å². The number of carbonyl (C=O) groups is 1. The van der Waals surface area contributed by atoms with Crippen LogP contribution in [0.2, 0.25) is 0 Å². The van der Waals surface area contributed by atoms with Gasteiger partial charge in [-0.05, 0) is 31.4 Å². The van der Waals surface area contributed by atoms with E-state index in [4.69, 9.17) is 9.84 Å². The van der Waals surface area contributed by atoms with Crippen LogP contribution in [0.4, 0.5) is 0 Å². The van der Waals surface area contributed by atoms with Gasteiger partial charge in [-0.3, -0.25) is 9.69 Å². The normalized spacial score (nSPS) is 18.1. The summed E-state index contributed by atoms with van der Waals surface area (Å²) in [7, 11) is 2.02. The fourth-order valence-electron chi connectivity index (χ4n) is 2.83. The van der Waals surface area contributed by atoms with Crippen LogP contribution in [0, 0.1) is 5.92 Å². The third-order valence-corrected chi connectivity index (χ3v) is 3.97. The lowest BCUT2D eigenvalue weighted by Gasteiger charge is -2.32. The van der Waals surface area contributed by atoms with Crippen molar-refractivity contribution in [1.82, 2.24) is 4.90 Å². The Labute approximate surface area is 120 Å². The number of ether oxygens (including phenoxy) is 1. The lowest BCUT2D eigenvalue weighted by Crippen LogP contribution is -2.33. The van der Waals surface area contributed by atoms with Gasteiger partial charge in [0.2, 0.25) is 0 Å². The van der Waals surface area contributed by atoms with Crippen LogP contribution in [-0.4, -0.2) is 42.8 Å². The highest BCUT2D eigenvalue weighted by atomic mass is 16.5. The maximum absolute atomic E-state index is 11.1. The zero-order valence-electron chi connectivity index (χ0n) is 12.0. The van der Waals surface area contributed by atoms with Crippen molar-refractivity contribution in [2.75, 3.05) is 26.8 Å². The van der Waals surface area contributed by atoms with Gasteiger partial charge >= 0.3 is 5.97 Å². The molecule has 110 valence electrons. The van der Waals surface area contributed by atoms with Crippen molar-refractivity contribution in [1.29, 1.82) is 0 Å². The van der Waals surface area contributed by atoms with E-state index in [0.717, 1.165) is 38.2 Å². The number of nitrogens with zero attached hydrogens (tertiary/aromatic N) is 1. The average molecular weight is 277 g/mol. The van der Waals surface area contributed by atoms with Crippen LogP contribution < -0.4 is 0 Å². The fourth-order valence-corrected chi connectivity index (χ4v) is 2.83. The van der Waals surface area contributed by atoms with E-state index in [0.29, 0.717) is 5.92 Å². The molecule has 20 heavy (non-hydrogen) atoms. The smallest absolute Gasteiger partial charge is 0.305 e. The summed E-state index contributed by atoms with van der Waals surface area (Å²) in [5.74, 6) is -0.147. The average Bonchev–Trinajstić information content (AvgIpc) is 2.46. The SMILES string of the molecule is CN(CC1CCOCC1)C(CC(=O)O)c1ccccc1. The molecule has 1 aromatic rings. The molecule has 0 spiro atoms. The second-order valence-electron chi connectivity index (χ2n) is 5.52. The van der Waals surface area contributed by atoms with Gasteiger partial charge in [-0.25, -0.2) is 0 Å². The standard InChI is InChI=1S/C16H23NO3/c1-17(12-13-7-9-20-10-8-13)15(11-16(18)19)14-5-3-2-4-6-14/h2-6,13,15H,7-12H2,1H3,(H,18,19). The van der Waals surface area contributed by atoms with Crippen LogP contribution in [0.15, 0.2) is 30.3 Å². The highest BCUT2D eigenvalue weighted by Gasteiger charge is 2.23. The summed E-state index contributed by atoms with van der Waals surface area (Å²) < 4.78 is 5.38. The molecule has 1 aliphatic heterocycles. The molecule has 0 aromatic heterocycles. The van der Waals surface area contributed by atoms with Gasteiger partial charge in [-0.1, -0.05) is 30.3 Å². The summed E-state index contributed by atoms with van der Waals surface area (Å²) in [6, 6.07) is 9.84. The summed E-state index contributed by atoms with van der Waals surface area (Å²) in [6.45, 7) is 2.58.